The number of carbonyl (C=O) groups is 1. The summed E-state index contributed by atoms with van der Waals surface area (Å²) in [4.78, 5) is 14.6. The molecular formula is C16H27Cl2N3O2. The normalized spacial score (nSPS) is 15.8. The lowest BCUT2D eigenvalue weighted by molar-refractivity contribution is -0.136. The van der Waals surface area contributed by atoms with E-state index in [0.29, 0.717) is 39.1 Å². The summed E-state index contributed by atoms with van der Waals surface area (Å²) in [5, 5.41) is 3.05. The van der Waals surface area contributed by atoms with E-state index in [-0.39, 0.29) is 30.7 Å². The van der Waals surface area contributed by atoms with E-state index in [1.54, 1.807) is 0 Å². The van der Waals surface area contributed by atoms with Crippen LogP contribution >= 0.6 is 24.8 Å². The molecule has 0 spiro atoms. The smallest absolute Gasteiger partial charge is 0.227 e. The summed E-state index contributed by atoms with van der Waals surface area (Å²) < 4.78 is 5.35. The fraction of sp³-hybridized carbons (Fsp3) is 0.562. The first-order chi connectivity index (χ1) is 10.1. The Hall–Kier alpha value is -1.01. The molecule has 0 aromatic heterocycles. The number of hydrogen-bond acceptors (Lipinski definition) is 4. The van der Waals surface area contributed by atoms with Crippen LogP contribution in [0.5, 0.6) is 0 Å². The van der Waals surface area contributed by atoms with Gasteiger partial charge in [-0.15, -0.1) is 24.8 Å². The number of rotatable bonds is 5. The third-order valence-corrected chi connectivity index (χ3v) is 4.24. The number of halogens is 2. The Morgan fingerprint density at radius 2 is 1.87 bits per heavy atom. The molecule has 1 aromatic carbocycles. The second-order valence-electron chi connectivity index (χ2n) is 5.80. The van der Waals surface area contributed by atoms with Crippen molar-refractivity contribution in [1.29, 1.82) is 0 Å². The Labute approximate surface area is 150 Å². The molecule has 1 aliphatic heterocycles. The first kappa shape index (κ1) is 22.0. The van der Waals surface area contributed by atoms with Crippen molar-refractivity contribution >= 4 is 36.4 Å². The van der Waals surface area contributed by atoms with Gasteiger partial charge in [-0.2, -0.15) is 0 Å². The molecule has 23 heavy (non-hydrogen) atoms. The third kappa shape index (κ3) is 5.24. The van der Waals surface area contributed by atoms with Crippen LogP contribution in [0.15, 0.2) is 24.3 Å². The van der Waals surface area contributed by atoms with Crippen LogP contribution in [0.2, 0.25) is 0 Å². The largest absolute Gasteiger partial charge is 0.381 e. The highest BCUT2D eigenvalue weighted by Crippen LogP contribution is 2.29. The number of para-hydroxylation sites is 1. The molecule has 1 amide bonds. The standard InChI is InChI=1S/C16H25N3O2.2ClH/c1-19(2)14-6-4-3-5-13(14)11-18-15(20)16(12-17)7-9-21-10-8-16;;/h3-6H,7-12,17H2,1-2H3,(H,18,20);2*1H. The Bertz CT molecular complexity index is 492. The minimum atomic E-state index is -0.467. The number of ether oxygens (including phenoxy) is 1. The number of nitrogens with two attached hydrogens (primary N) is 1. The lowest BCUT2D eigenvalue weighted by Crippen LogP contribution is -2.49. The first-order valence-corrected chi connectivity index (χ1v) is 7.40. The van der Waals surface area contributed by atoms with Gasteiger partial charge in [0.15, 0.2) is 0 Å². The van der Waals surface area contributed by atoms with Gasteiger partial charge >= 0.3 is 0 Å². The van der Waals surface area contributed by atoms with Crippen LogP contribution in [0.4, 0.5) is 5.69 Å². The van der Waals surface area contributed by atoms with E-state index in [9.17, 15) is 4.79 Å². The van der Waals surface area contributed by atoms with E-state index < -0.39 is 5.41 Å². The maximum absolute atomic E-state index is 12.5. The minimum Gasteiger partial charge on any atom is -0.381 e. The number of hydrogen-bond donors (Lipinski definition) is 2. The molecule has 7 heteroatoms. The zero-order valence-electron chi connectivity index (χ0n) is 13.7. The van der Waals surface area contributed by atoms with Crippen LogP contribution in [0, 0.1) is 5.41 Å². The van der Waals surface area contributed by atoms with Crippen molar-refractivity contribution in [3.63, 3.8) is 0 Å². The summed E-state index contributed by atoms with van der Waals surface area (Å²) >= 11 is 0. The molecular weight excluding hydrogens is 337 g/mol. The first-order valence-electron chi connectivity index (χ1n) is 7.40. The SMILES string of the molecule is CN(C)c1ccccc1CNC(=O)C1(CN)CCOCC1.Cl.Cl. The molecule has 2 rings (SSSR count). The van der Waals surface area contributed by atoms with Crippen molar-refractivity contribution in [2.45, 2.75) is 19.4 Å². The summed E-state index contributed by atoms with van der Waals surface area (Å²) in [6.45, 7) is 2.12. The van der Waals surface area contributed by atoms with Crippen molar-refractivity contribution in [2.75, 3.05) is 38.8 Å². The van der Waals surface area contributed by atoms with Crippen molar-refractivity contribution in [3.05, 3.63) is 29.8 Å². The van der Waals surface area contributed by atoms with E-state index in [0.717, 1.165) is 11.3 Å². The fourth-order valence-corrected chi connectivity index (χ4v) is 2.75. The Kier molecular flexibility index (Phi) is 9.54. The number of amides is 1. The van der Waals surface area contributed by atoms with Crippen LogP contribution in [0.25, 0.3) is 0 Å². The van der Waals surface area contributed by atoms with E-state index in [1.807, 2.05) is 32.3 Å². The summed E-state index contributed by atoms with van der Waals surface area (Å²) in [6, 6.07) is 8.07. The predicted octanol–water partition coefficient (Wildman–Crippen LogP) is 1.97. The summed E-state index contributed by atoms with van der Waals surface area (Å²) in [7, 11) is 4.00. The van der Waals surface area contributed by atoms with Gasteiger partial charge in [-0.1, -0.05) is 18.2 Å². The van der Waals surface area contributed by atoms with Gasteiger partial charge in [-0.05, 0) is 24.5 Å². The summed E-state index contributed by atoms with van der Waals surface area (Å²) in [6.07, 6.45) is 1.40. The number of carbonyl (C=O) groups excluding carboxylic acids is 1. The molecule has 132 valence electrons. The van der Waals surface area contributed by atoms with Gasteiger partial charge in [0.2, 0.25) is 5.91 Å². The van der Waals surface area contributed by atoms with Crippen LogP contribution in [0.1, 0.15) is 18.4 Å². The molecule has 3 N–H and O–H groups in total. The summed E-state index contributed by atoms with van der Waals surface area (Å²) in [5.41, 5.74) is 7.62. The molecule has 0 atom stereocenters. The van der Waals surface area contributed by atoms with E-state index >= 15 is 0 Å². The zero-order valence-corrected chi connectivity index (χ0v) is 15.3. The van der Waals surface area contributed by atoms with E-state index in [4.69, 9.17) is 10.5 Å². The van der Waals surface area contributed by atoms with Crippen LogP contribution < -0.4 is 16.0 Å². The fourth-order valence-electron chi connectivity index (χ4n) is 2.75. The molecule has 1 aromatic rings. The lowest BCUT2D eigenvalue weighted by atomic mass is 9.79. The third-order valence-electron chi connectivity index (χ3n) is 4.24. The average molecular weight is 364 g/mol. The highest BCUT2D eigenvalue weighted by atomic mass is 35.5. The van der Waals surface area contributed by atoms with Gasteiger partial charge in [0.25, 0.3) is 0 Å². The molecule has 0 radical (unpaired) electrons. The van der Waals surface area contributed by atoms with Gasteiger partial charge in [0.05, 0.1) is 5.41 Å². The maximum Gasteiger partial charge on any atom is 0.227 e. The summed E-state index contributed by atoms with van der Waals surface area (Å²) in [5.74, 6) is 0.0434. The molecule has 1 heterocycles. The number of nitrogens with zero attached hydrogens (tertiary/aromatic N) is 1. The maximum atomic E-state index is 12.5. The van der Waals surface area contributed by atoms with E-state index in [1.165, 1.54) is 0 Å². The van der Waals surface area contributed by atoms with Gasteiger partial charge in [0, 0.05) is 46.1 Å². The molecule has 1 saturated heterocycles. The van der Waals surface area contributed by atoms with Crippen LogP contribution in [-0.2, 0) is 16.1 Å². The van der Waals surface area contributed by atoms with Crippen molar-refractivity contribution in [3.8, 4) is 0 Å². The van der Waals surface area contributed by atoms with Crippen molar-refractivity contribution < 1.29 is 9.53 Å². The molecule has 1 aliphatic rings. The lowest BCUT2D eigenvalue weighted by Gasteiger charge is -2.34. The zero-order chi connectivity index (χ0) is 15.3. The molecule has 5 nitrogen and oxygen atoms in total. The number of anilines is 1. The molecule has 0 bridgehead atoms. The predicted molar refractivity (Wildman–Crippen MR) is 98.7 cm³/mol. The van der Waals surface area contributed by atoms with Gasteiger partial charge in [-0.3, -0.25) is 4.79 Å². The topological polar surface area (TPSA) is 67.6 Å². The number of benzene rings is 1. The molecule has 0 aliphatic carbocycles. The van der Waals surface area contributed by atoms with Crippen LogP contribution in [0.3, 0.4) is 0 Å². The molecule has 0 saturated carbocycles. The van der Waals surface area contributed by atoms with E-state index in [2.05, 4.69) is 16.3 Å². The number of nitrogens with one attached hydrogen (secondary N) is 1. The highest BCUT2D eigenvalue weighted by Gasteiger charge is 2.38. The van der Waals surface area contributed by atoms with Crippen LogP contribution in [-0.4, -0.2) is 39.8 Å². The molecule has 1 fully saturated rings. The van der Waals surface area contributed by atoms with Gasteiger partial charge < -0.3 is 20.7 Å². The van der Waals surface area contributed by atoms with Gasteiger partial charge in [-0.25, -0.2) is 0 Å². The average Bonchev–Trinajstić information content (AvgIpc) is 2.53. The van der Waals surface area contributed by atoms with Crippen molar-refractivity contribution in [1.82, 2.24) is 5.32 Å². The molecule has 0 unspecified atom stereocenters. The Balaban J connectivity index is 0.00000242. The second-order valence-corrected chi connectivity index (χ2v) is 5.80. The minimum absolute atomic E-state index is 0. The second kappa shape index (κ2) is 9.98. The monoisotopic (exact) mass is 363 g/mol. The van der Waals surface area contributed by atoms with Crippen molar-refractivity contribution in [2.24, 2.45) is 11.1 Å². The Morgan fingerprint density at radius 1 is 1.26 bits per heavy atom. The highest BCUT2D eigenvalue weighted by molar-refractivity contribution is 5.85. The quantitative estimate of drug-likeness (QED) is 0.838. The van der Waals surface area contributed by atoms with Gasteiger partial charge in [0.1, 0.15) is 0 Å². The Morgan fingerprint density at radius 3 is 2.43 bits per heavy atom.